The highest BCUT2D eigenvalue weighted by Crippen LogP contribution is 2.36. The monoisotopic (exact) mass is 333 g/mol. The molecule has 0 amide bonds. The highest BCUT2D eigenvalue weighted by atomic mass is 35.5. The van der Waals surface area contributed by atoms with Crippen LogP contribution in [0.2, 0.25) is 10.0 Å². The Morgan fingerprint density at radius 3 is 2.33 bits per heavy atom. The van der Waals surface area contributed by atoms with Crippen LogP contribution >= 0.6 is 23.2 Å². The number of anilines is 1. The lowest BCUT2D eigenvalue weighted by Crippen LogP contribution is -2.13. The largest absolute Gasteiger partial charge is 0.418 e. The van der Waals surface area contributed by atoms with Crippen LogP contribution in [0.3, 0.4) is 0 Å². The van der Waals surface area contributed by atoms with E-state index in [2.05, 4.69) is 5.32 Å². The molecule has 1 unspecified atom stereocenters. The molecule has 21 heavy (non-hydrogen) atoms. The van der Waals surface area contributed by atoms with Gasteiger partial charge in [0.25, 0.3) is 0 Å². The van der Waals surface area contributed by atoms with Crippen molar-refractivity contribution in [3.63, 3.8) is 0 Å². The number of halogens is 5. The van der Waals surface area contributed by atoms with Gasteiger partial charge in [-0.15, -0.1) is 0 Å². The fraction of sp³-hybridized carbons (Fsp3) is 0.200. The van der Waals surface area contributed by atoms with Crippen molar-refractivity contribution in [1.82, 2.24) is 0 Å². The van der Waals surface area contributed by atoms with Crippen molar-refractivity contribution < 1.29 is 13.2 Å². The van der Waals surface area contributed by atoms with Crippen molar-refractivity contribution in [1.29, 1.82) is 0 Å². The first-order valence-electron chi connectivity index (χ1n) is 6.16. The maximum absolute atomic E-state index is 12.9. The zero-order chi connectivity index (χ0) is 15.6. The Balaban J connectivity index is 2.30. The third-order valence-corrected chi connectivity index (χ3v) is 3.60. The van der Waals surface area contributed by atoms with Crippen molar-refractivity contribution in [2.24, 2.45) is 0 Å². The first kappa shape index (κ1) is 16.0. The van der Waals surface area contributed by atoms with Gasteiger partial charge < -0.3 is 5.32 Å². The molecule has 2 aromatic carbocycles. The predicted octanol–water partition coefficient (Wildman–Crippen LogP) is 6.19. The van der Waals surface area contributed by atoms with Gasteiger partial charge in [0.15, 0.2) is 0 Å². The molecule has 0 saturated heterocycles. The van der Waals surface area contributed by atoms with E-state index in [-0.39, 0.29) is 5.69 Å². The lowest BCUT2D eigenvalue weighted by atomic mass is 10.1. The molecule has 0 radical (unpaired) electrons. The number of benzene rings is 2. The van der Waals surface area contributed by atoms with E-state index in [1.807, 2.05) is 0 Å². The third-order valence-electron chi connectivity index (χ3n) is 3.03. The van der Waals surface area contributed by atoms with Crippen LogP contribution in [0.5, 0.6) is 0 Å². The molecule has 112 valence electrons. The number of hydrogen-bond acceptors (Lipinski definition) is 1. The minimum Gasteiger partial charge on any atom is -0.378 e. The summed E-state index contributed by atoms with van der Waals surface area (Å²) in [6, 6.07) is 9.85. The van der Waals surface area contributed by atoms with Crippen molar-refractivity contribution in [2.75, 3.05) is 5.32 Å². The summed E-state index contributed by atoms with van der Waals surface area (Å²) in [5.74, 6) is 0. The second-order valence-electron chi connectivity index (χ2n) is 4.58. The predicted molar refractivity (Wildman–Crippen MR) is 79.9 cm³/mol. The van der Waals surface area contributed by atoms with E-state index in [0.29, 0.717) is 15.6 Å². The first-order chi connectivity index (χ1) is 9.79. The van der Waals surface area contributed by atoms with E-state index in [0.717, 1.165) is 6.07 Å². The molecule has 1 atom stereocenters. The van der Waals surface area contributed by atoms with Gasteiger partial charge >= 0.3 is 6.18 Å². The molecule has 2 rings (SSSR count). The summed E-state index contributed by atoms with van der Waals surface area (Å²) in [4.78, 5) is 0. The van der Waals surface area contributed by atoms with Crippen LogP contribution in [0.1, 0.15) is 24.1 Å². The minimum atomic E-state index is -4.41. The molecule has 0 spiro atoms. The molecule has 0 aromatic heterocycles. The lowest BCUT2D eigenvalue weighted by molar-refractivity contribution is -0.137. The molecule has 0 aliphatic rings. The molecule has 6 heteroatoms. The number of rotatable bonds is 3. The molecular formula is C15H12Cl2F3N. The number of hydrogen-bond donors (Lipinski definition) is 1. The van der Waals surface area contributed by atoms with Crippen LogP contribution in [-0.2, 0) is 6.18 Å². The van der Waals surface area contributed by atoms with Crippen LogP contribution in [0.4, 0.5) is 18.9 Å². The Kier molecular flexibility index (Phi) is 4.69. The van der Waals surface area contributed by atoms with Crippen LogP contribution in [0, 0.1) is 0 Å². The zero-order valence-electron chi connectivity index (χ0n) is 11.0. The highest BCUT2D eigenvalue weighted by Gasteiger charge is 2.33. The Hall–Kier alpha value is -1.39. The Labute approximate surface area is 130 Å². The Bertz CT molecular complexity index is 641. The lowest BCUT2D eigenvalue weighted by Gasteiger charge is -2.20. The van der Waals surface area contributed by atoms with Crippen LogP contribution in [-0.4, -0.2) is 0 Å². The van der Waals surface area contributed by atoms with Crippen molar-refractivity contribution in [2.45, 2.75) is 19.1 Å². The third kappa shape index (κ3) is 3.83. The first-order valence-corrected chi connectivity index (χ1v) is 6.92. The summed E-state index contributed by atoms with van der Waals surface area (Å²) in [6.07, 6.45) is -4.41. The quantitative estimate of drug-likeness (QED) is 0.706. The van der Waals surface area contributed by atoms with Crippen molar-refractivity contribution >= 4 is 28.9 Å². The smallest absolute Gasteiger partial charge is 0.378 e. The van der Waals surface area contributed by atoms with Crippen molar-refractivity contribution in [3.8, 4) is 0 Å². The van der Waals surface area contributed by atoms with Gasteiger partial charge in [-0.25, -0.2) is 0 Å². The molecule has 0 aliphatic heterocycles. The molecule has 0 fully saturated rings. The normalized spacial score (nSPS) is 13.0. The average Bonchev–Trinajstić information content (AvgIpc) is 2.37. The van der Waals surface area contributed by atoms with E-state index < -0.39 is 17.8 Å². The summed E-state index contributed by atoms with van der Waals surface area (Å²) in [5.41, 5.74) is -0.0107. The van der Waals surface area contributed by atoms with Gasteiger partial charge in [-0.1, -0.05) is 41.4 Å². The minimum absolute atomic E-state index is 0.0171. The Morgan fingerprint density at radius 1 is 1.05 bits per heavy atom. The summed E-state index contributed by atoms with van der Waals surface area (Å²) in [7, 11) is 0. The van der Waals surface area contributed by atoms with Gasteiger partial charge in [0.1, 0.15) is 0 Å². The maximum atomic E-state index is 12.9. The molecular weight excluding hydrogens is 322 g/mol. The second kappa shape index (κ2) is 6.16. The summed E-state index contributed by atoms with van der Waals surface area (Å²) < 4.78 is 38.8. The molecule has 0 bridgehead atoms. The molecule has 2 aromatic rings. The molecule has 1 nitrogen and oxygen atoms in total. The zero-order valence-corrected chi connectivity index (χ0v) is 12.5. The van der Waals surface area contributed by atoms with E-state index in [1.54, 1.807) is 31.2 Å². The van der Waals surface area contributed by atoms with Crippen LogP contribution in [0.25, 0.3) is 0 Å². The highest BCUT2D eigenvalue weighted by molar-refractivity contribution is 6.35. The summed E-state index contributed by atoms with van der Waals surface area (Å²) in [5, 5.41) is 3.73. The van der Waals surface area contributed by atoms with Gasteiger partial charge in [0.2, 0.25) is 0 Å². The fourth-order valence-corrected chi connectivity index (χ4v) is 2.59. The maximum Gasteiger partial charge on any atom is 0.418 e. The second-order valence-corrected chi connectivity index (χ2v) is 5.42. The van der Waals surface area contributed by atoms with Crippen molar-refractivity contribution in [3.05, 3.63) is 63.6 Å². The van der Waals surface area contributed by atoms with Gasteiger partial charge in [0, 0.05) is 15.7 Å². The van der Waals surface area contributed by atoms with E-state index in [4.69, 9.17) is 23.2 Å². The van der Waals surface area contributed by atoms with Gasteiger partial charge in [-0.05, 0) is 36.8 Å². The molecule has 0 aliphatic carbocycles. The van der Waals surface area contributed by atoms with Gasteiger partial charge in [0.05, 0.1) is 11.6 Å². The van der Waals surface area contributed by atoms with Gasteiger partial charge in [-0.2, -0.15) is 13.2 Å². The number of alkyl halides is 3. The number of para-hydroxylation sites is 1. The number of nitrogens with one attached hydrogen (secondary N) is 1. The average molecular weight is 334 g/mol. The standard InChI is InChI=1S/C15H12Cl2F3N/c1-9(11-7-6-10(16)8-13(11)17)21-14-5-3-2-4-12(14)15(18,19)20/h2-9,21H,1H3. The van der Waals surface area contributed by atoms with E-state index >= 15 is 0 Å². The molecule has 0 heterocycles. The van der Waals surface area contributed by atoms with E-state index in [9.17, 15) is 13.2 Å². The molecule has 0 saturated carbocycles. The van der Waals surface area contributed by atoms with E-state index in [1.165, 1.54) is 12.1 Å². The fourth-order valence-electron chi connectivity index (χ4n) is 2.02. The molecule has 1 N–H and O–H groups in total. The summed E-state index contributed by atoms with van der Waals surface area (Å²) in [6.45, 7) is 1.74. The summed E-state index contributed by atoms with van der Waals surface area (Å²) >= 11 is 11.9. The topological polar surface area (TPSA) is 12.0 Å². The van der Waals surface area contributed by atoms with Crippen LogP contribution < -0.4 is 5.32 Å². The SMILES string of the molecule is CC(Nc1ccccc1C(F)(F)F)c1ccc(Cl)cc1Cl. The van der Waals surface area contributed by atoms with Crippen LogP contribution in [0.15, 0.2) is 42.5 Å². The Morgan fingerprint density at radius 2 is 1.71 bits per heavy atom. The van der Waals surface area contributed by atoms with Gasteiger partial charge in [-0.3, -0.25) is 0 Å².